The zero-order chi connectivity index (χ0) is 21.9. The van der Waals surface area contributed by atoms with E-state index in [1.807, 2.05) is 0 Å². The van der Waals surface area contributed by atoms with Crippen LogP contribution in [-0.4, -0.2) is 39.6 Å². The third-order valence-electron chi connectivity index (χ3n) is 5.82. The highest BCUT2D eigenvalue weighted by molar-refractivity contribution is 6.02. The van der Waals surface area contributed by atoms with Gasteiger partial charge in [0.15, 0.2) is 5.82 Å². The normalized spacial score (nSPS) is 25.3. The summed E-state index contributed by atoms with van der Waals surface area (Å²) in [5.41, 5.74) is 5.65. The number of nitrogens with two attached hydrogens (primary N) is 1. The smallest absolute Gasteiger partial charge is 0.254 e. The van der Waals surface area contributed by atoms with Gasteiger partial charge in [-0.3, -0.25) is 14.3 Å². The van der Waals surface area contributed by atoms with Crippen molar-refractivity contribution in [2.45, 2.75) is 82.3 Å². The number of nitrogens with zero attached hydrogens (tertiary/aromatic N) is 3. The number of primary amides is 1. The van der Waals surface area contributed by atoms with E-state index in [2.05, 4.69) is 15.7 Å². The molecule has 0 radical (unpaired) electrons. The molecule has 30 heavy (non-hydrogen) atoms. The van der Waals surface area contributed by atoms with Crippen LogP contribution in [0.15, 0.2) is 6.20 Å². The molecule has 0 aliphatic heterocycles. The lowest BCUT2D eigenvalue weighted by molar-refractivity contribution is -0.117. The lowest BCUT2D eigenvalue weighted by Crippen LogP contribution is -2.52. The minimum atomic E-state index is -2.50. The number of amides is 2. The van der Waals surface area contributed by atoms with Crippen LogP contribution in [0.3, 0.4) is 0 Å². The van der Waals surface area contributed by atoms with Gasteiger partial charge in [0.05, 0.1) is 12.1 Å². The van der Waals surface area contributed by atoms with Crippen LogP contribution >= 0.6 is 0 Å². The molecule has 0 spiro atoms. The van der Waals surface area contributed by atoms with E-state index in [9.17, 15) is 18.4 Å². The largest absolute Gasteiger partial charge is 0.365 e. The van der Waals surface area contributed by atoms with Gasteiger partial charge in [0, 0.05) is 44.0 Å². The van der Waals surface area contributed by atoms with Crippen LogP contribution in [0.2, 0.25) is 0 Å². The van der Waals surface area contributed by atoms with Gasteiger partial charge in [-0.05, 0) is 38.5 Å². The maximum Gasteiger partial charge on any atom is 0.254 e. The first-order chi connectivity index (χ1) is 14.2. The van der Waals surface area contributed by atoms with Crippen molar-refractivity contribution in [1.82, 2.24) is 15.1 Å². The molecule has 3 aliphatic carbocycles. The lowest BCUT2D eigenvalue weighted by Gasteiger charge is -2.39. The summed E-state index contributed by atoms with van der Waals surface area (Å²) >= 11 is 0. The molecule has 164 valence electrons. The molecular formula is C20H28F2N6O2. The summed E-state index contributed by atoms with van der Waals surface area (Å²) < 4.78 is 27.6. The molecule has 3 fully saturated rings. The number of rotatable bonds is 6. The molecule has 1 aromatic rings. The summed E-state index contributed by atoms with van der Waals surface area (Å²) in [5.74, 6) is -3.00. The molecule has 3 aliphatic rings. The average molecular weight is 422 g/mol. The van der Waals surface area contributed by atoms with E-state index >= 15 is 0 Å². The van der Waals surface area contributed by atoms with Gasteiger partial charge in [0.2, 0.25) is 5.91 Å². The van der Waals surface area contributed by atoms with Gasteiger partial charge < -0.3 is 16.4 Å². The van der Waals surface area contributed by atoms with Crippen LogP contribution in [0.5, 0.6) is 0 Å². The van der Waals surface area contributed by atoms with Crippen LogP contribution in [0, 0.1) is 17.2 Å². The molecule has 4 rings (SSSR count). The number of carbonyl (C=O) groups is 2. The summed E-state index contributed by atoms with van der Waals surface area (Å²) in [5, 5.41) is 17.8. The van der Waals surface area contributed by atoms with Gasteiger partial charge in [0.1, 0.15) is 5.56 Å². The van der Waals surface area contributed by atoms with Gasteiger partial charge >= 0.3 is 0 Å². The molecule has 0 unspecified atom stereocenters. The fourth-order valence-electron chi connectivity index (χ4n) is 4.04. The molecule has 8 nitrogen and oxygen atoms in total. The molecule has 1 heterocycles. The van der Waals surface area contributed by atoms with E-state index in [0.717, 1.165) is 38.5 Å². The highest BCUT2D eigenvalue weighted by Gasteiger charge is 2.46. The molecule has 0 aromatic carbocycles. The quantitative estimate of drug-likeness (QED) is 0.650. The number of hydrogen-bond acceptors (Lipinski definition) is 5. The van der Waals surface area contributed by atoms with Crippen molar-refractivity contribution in [1.29, 1.82) is 5.26 Å². The first-order valence-electron chi connectivity index (χ1n) is 10.4. The van der Waals surface area contributed by atoms with E-state index in [1.54, 1.807) is 16.9 Å². The van der Waals surface area contributed by atoms with Crippen LogP contribution in [0.1, 0.15) is 74.7 Å². The van der Waals surface area contributed by atoms with E-state index in [1.165, 1.54) is 6.92 Å². The number of aromatic nitrogens is 2. The zero-order valence-corrected chi connectivity index (χ0v) is 17.0. The van der Waals surface area contributed by atoms with Gasteiger partial charge in [-0.15, -0.1) is 0 Å². The maximum absolute atomic E-state index is 13.0. The zero-order valence-electron chi connectivity index (χ0n) is 17.0. The topological polar surface area (TPSA) is 126 Å². The standard InChI is InChI=1S/C18H25F2N5O2.C2H3N/c19-18(20)7-12(8-18)22-11-3-5-13(6-4-11)25-9-14(15(21)26)16(24-25)23-17(27)10-1-2-10;1-2-3/h9-13,22H,1-8H2,(H2,21,26)(H,23,24,27);1H3. The van der Waals surface area contributed by atoms with Crippen molar-refractivity contribution in [2.75, 3.05) is 5.32 Å². The fourth-order valence-corrected chi connectivity index (χ4v) is 4.04. The second-order valence-electron chi connectivity index (χ2n) is 8.36. The minimum Gasteiger partial charge on any atom is -0.365 e. The number of nitriles is 1. The number of halogens is 2. The lowest BCUT2D eigenvalue weighted by atomic mass is 9.85. The molecule has 1 aromatic heterocycles. The van der Waals surface area contributed by atoms with Gasteiger partial charge in [-0.1, -0.05) is 0 Å². The Bertz CT molecular complexity index is 814. The van der Waals surface area contributed by atoms with Crippen LogP contribution in [0.25, 0.3) is 0 Å². The molecule has 0 saturated heterocycles. The minimum absolute atomic E-state index is 0.0104. The Labute approximate surface area is 174 Å². The summed E-state index contributed by atoms with van der Waals surface area (Å²) in [6.07, 6.45) is 6.58. The summed E-state index contributed by atoms with van der Waals surface area (Å²) in [6.45, 7) is 1.43. The number of anilines is 1. The number of hydrogen-bond donors (Lipinski definition) is 3. The van der Waals surface area contributed by atoms with Crippen molar-refractivity contribution >= 4 is 17.6 Å². The second kappa shape index (κ2) is 9.08. The molecule has 10 heteroatoms. The fraction of sp³-hybridized carbons (Fsp3) is 0.700. The van der Waals surface area contributed by atoms with Crippen LogP contribution < -0.4 is 16.4 Å². The van der Waals surface area contributed by atoms with E-state index in [-0.39, 0.29) is 54.2 Å². The SMILES string of the molecule is CC#N.NC(=O)c1cn(C2CCC(NC3CC(F)(F)C3)CC2)nc1NC(=O)C1CC1. The van der Waals surface area contributed by atoms with Crippen molar-refractivity contribution in [2.24, 2.45) is 11.7 Å². The Hall–Kier alpha value is -2.54. The first-order valence-corrected chi connectivity index (χ1v) is 10.4. The molecule has 0 bridgehead atoms. The molecule has 2 amide bonds. The van der Waals surface area contributed by atoms with Crippen molar-refractivity contribution in [3.05, 3.63) is 11.8 Å². The maximum atomic E-state index is 13.0. The van der Waals surface area contributed by atoms with Gasteiger partial charge in [0.25, 0.3) is 11.8 Å². The Kier molecular flexibility index (Phi) is 6.71. The Balaban J connectivity index is 0.000000806. The summed E-state index contributed by atoms with van der Waals surface area (Å²) in [6, 6.07) is 2.01. The van der Waals surface area contributed by atoms with E-state index in [4.69, 9.17) is 11.0 Å². The Morgan fingerprint density at radius 3 is 2.30 bits per heavy atom. The van der Waals surface area contributed by atoms with Crippen molar-refractivity contribution in [3.63, 3.8) is 0 Å². The van der Waals surface area contributed by atoms with E-state index < -0.39 is 11.8 Å². The summed E-state index contributed by atoms with van der Waals surface area (Å²) in [7, 11) is 0. The second-order valence-corrected chi connectivity index (χ2v) is 8.36. The van der Waals surface area contributed by atoms with Crippen LogP contribution in [-0.2, 0) is 4.79 Å². The van der Waals surface area contributed by atoms with Gasteiger partial charge in [-0.2, -0.15) is 10.4 Å². The predicted octanol–water partition coefficient (Wildman–Crippen LogP) is 2.73. The molecule has 3 saturated carbocycles. The third-order valence-corrected chi connectivity index (χ3v) is 5.82. The number of alkyl halides is 2. The number of nitrogens with one attached hydrogen (secondary N) is 2. The monoisotopic (exact) mass is 422 g/mol. The first kappa shape index (κ1) is 22.2. The molecular weight excluding hydrogens is 394 g/mol. The Morgan fingerprint density at radius 2 is 1.80 bits per heavy atom. The van der Waals surface area contributed by atoms with Gasteiger partial charge in [-0.25, -0.2) is 8.78 Å². The van der Waals surface area contributed by atoms with Crippen molar-refractivity contribution < 1.29 is 18.4 Å². The molecule has 0 atom stereocenters. The van der Waals surface area contributed by atoms with Crippen LogP contribution in [0.4, 0.5) is 14.6 Å². The van der Waals surface area contributed by atoms with Crippen molar-refractivity contribution in [3.8, 4) is 6.07 Å². The predicted molar refractivity (Wildman–Crippen MR) is 106 cm³/mol. The highest BCUT2D eigenvalue weighted by atomic mass is 19.3. The summed E-state index contributed by atoms with van der Waals surface area (Å²) in [4.78, 5) is 23.7. The number of carbonyl (C=O) groups excluding carboxylic acids is 2. The Morgan fingerprint density at radius 1 is 1.20 bits per heavy atom. The average Bonchev–Trinajstić information content (AvgIpc) is 3.42. The third kappa shape index (κ3) is 5.53. The highest BCUT2D eigenvalue weighted by Crippen LogP contribution is 2.39. The molecule has 4 N–H and O–H groups in total. The van der Waals surface area contributed by atoms with E-state index in [0.29, 0.717) is 0 Å².